The summed E-state index contributed by atoms with van der Waals surface area (Å²) in [6.07, 6.45) is 13.6. The second-order valence-electron chi connectivity index (χ2n) is 3.53. The smallest absolute Gasteiger partial charge is 0.266 e. The lowest BCUT2D eigenvalue weighted by molar-refractivity contribution is 0.333. The minimum Gasteiger partial charge on any atom is -0.474 e. The molecule has 21 heavy (non-hydrogen) atoms. The Balaban J connectivity index is 2.24. The molecule has 0 spiro atoms. The summed E-state index contributed by atoms with van der Waals surface area (Å²) in [4.78, 5) is 16.6. The molecular formula is C13H12N4O2S2. The summed E-state index contributed by atoms with van der Waals surface area (Å²) in [5.74, 6) is 3.50. The fourth-order valence-corrected chi connectivity index (χ4v) is 1.95. The van der Waals surface area contributed by atoms with Gasteiger partial charge in [0.05, 0.1) is 18.6 Å². The molecule has 0 atom stereocenters. The fraction of sp³-hybridized carbons (Fsp3) is 0.231. The van der Waals surface area contributed by atoms with Gasteiger partial charge in [0.15, 0.2) is 16.1 Å². The van der Waals surface area contributed by atoms with Crippen molar-refractivity contribution in [3.63, 3.8) is 0 Å². The molecule has 0 radical (unpaired) electrons. The highest BCUT2D eigenvalue weighted by atomic mass is 32.2. The Hall–Kier alpha value is -1.98. The Morgan fingerprint density at radius 2 is 1.76 bits per heavy atom. The molecule has 0 aliphatic carbocycles. The van der Waals surface area contributed by atoms with Crippen molar-refractivity contribution in [1.82, 2.24) is 19.9 Å². The van der Waals surface area contributed by atoms with E-state index in [2.05, 4.69) is 25.9 Å². The minimum absolute atomic E-state index is 0.111. The zero-order valence-electron chi connectivity index (χ0n) is 11.4. The lowest BCUT2D eigenvalue weighted by Crippen LogP contribution is -2.01. The van der Waals surface area contributed by atoms with Crippen molar-refractivity contribution >= 4 is 23.5 Å². The zero-order valence-corrected chi connectivity index (χ0v) is 13.1. The van der Waals surface area contributed by atoms with Crippen molar-refractivity contribution in [3.05, 3.63) is 18.6 Å². The van der Waals surface area contributed by atoms with Gasteiger partial charge in [-0.1, -0.05) is 29.4 Å². The highest BCUT2D eigenvalue weighted by molar-refractivity contribution is 7.98. The molecule has 0 saturated carbocycles. The van der Waals surface area contributed by atoms with E-state index in [1.54, 1.807) is 12.4 Å². The Bertz CT molecular complexity index is 644. The molecule has 0 saturated heterocycles. The number of thioether (sulfide) groups is 2. The molecule has 2 heterocycles. The second-order valence-corrected chi connectivity index (χ2v) is 5.07. The van der Waals surface area contributed by atoms with Crippen molar-refractivity contribution in [1.29, 1.82) is 0 Å². The van der Waals surface area contributed by atoms with Crippen LogP contribution in [0.15, 0.2) is 28.9 Å². The number of nitrogens with zero attached hydrogens (tertiary/aromatic N) is 4. The van der Waals surface area contributed by atoms with Crippen LogP contribution < -0.4 is 9.47 Å². The van der Waals surface area contributed by atoms with E-state index >= 15 is 0 Å². The molecule has 0 aliphatic rings. The van der Waals surface area contributed by atoms with Crippen molar-refractivity contribution in [3.8, 4) is 29.7 Å². The highest BCUT2D eigenvalue weighted by Crippen LogP contribution is 2.30. The van der Waals surface area contributed by atoms with Crippen LogP contribution in [0.3, 0.4) is 0 Å². The van der Waals surface area contributed by atoms with E-state index in [1.165, 1.54) is 29.7 Å². The van der Waals surface area contributed by atoms with Crippen LogP contribution in [0.5, 0.6) is 17.4 Å². The lowest BCUT2D eigenvalue weighted by Gasteiger charge is -2.10. The van der Waals surface area contributed by atoms with E-state index in [0.717, 1.165) is 0 Å². The average Bonchev–Trinajstić information content (AvgIpc) is 2.54. The molecule has 2 aromatic heterocycles. The van der Waals surface area contributed by atoms with Gasteiger partial charge in [0.1, 0.15) is 6.61 Å². The Labute approximate surface area is 131 Å². The second kappa shape index (κ2) is 7.71. The van der Waals surface area contributed by atoms with Crippen LogP contribution in [0.25, 0.3) is 0 Å². The summed E-state index contributed by atoms with van der Waals surface area (Å²) in [6, 6.07) is 0. The van der Waals surface area contributed by atoms with E-state index in [9.17, 15) is 0 Å². The van der Waals surface area contributed by atoms with E-state index in [4.69, 9.17) is 15.9 Å². The SMILES string of the molecule is C#CCOc1cnc(SC)nc1Oc1cnc(SC)nc1. The van der Waals surface area contributed by atoms with Gasteiger partial charge in [-0.15, -0.1) is 6.42 Å². The largest absolute Gasteiger partial charge is 0.474 e. The van der Waals surface area contributed by atoms with E-state index in [0.29, 0.717) is 21.8 Å². The van der Waals surface area contributed by atoms with Gasteiger partial charge in [-0.25, -0.2) is 15.0 Å². The standard InChI is InChI=1S/C13H12N4O2S2/c1-4-5-18-10-8-16-13(21-3)17-11(10)19-9-6-14-12(20-2)15-7-9/h1,6-8H,5H2,2-3H3. The van der Waals surface area contributed by atoms with Crippen molar-refractivity contribution in [2.45, 2.75) is 10.3 Å². The Kier molecular flexibility index (Phi) is 5.66. The predicted molar refractivity (Wildman–Crippen MR) is 82.0 cm³/mol. The van der Waals surface area contributed by atoms with Crippen LogP contribution in [-0.2, 0) is 0 Å². The first-order valence-corrected chi connectivity index (χ1v) is 8.23. The molecule has 0 fully saturated rings. The fourth-order valence-electron chi connectivity index (χ4n) is 1.30. The number of aromatic nitrogens is 4. The summed E-state index contributed by atoms with van der Waals surface area (Å²) in [6.45, 7) is 0.111. The van der Waals surface area contributed by atoms with Crippen LogP contribution in [-0.4, -0.2) is 39.1 Å². The zero-order chi connectivity index (χ0) is 15.1. The van der Waals surface area contributed by atoms with Gasteiger partial charge >= 0.3 is 0 Å². The van der Waals surface area contributed by atoms with Gasteiger partial charge in [0, 0.05) is 0 Å². The van der Waals surface area contributed by atoms with E-state index < -0.39 is 0 Å². The number of terminal acetylenes is 1. The minimum atomic E-state index is 0.111. The molecule has 108 valence electrons. The van der Waals surface area contributed by atoms with E-state index in [-0.39, 0.29) is 12.5 Å². The molecule has 0 N–H and O–H groups in total. The van der Waals surface area contributed by atoms with Gasteiger partial charge in [-0.2, -0.15) is 4.98 Å². The Morgan fingerprint density at radius 3 is 2.38 bits per heavy atom. The summed E-state index contributed by atoms with van der Waals surface area (Å²) >= 11 is 2.85. The molecule has 2 rings (SSSR count). The first kappa shape index (κ1) is 15.4. The van der Waals surface area contributed by atoms with Crippen LogP contribution >= 0.6 is 23.5 Å². The quantitative estimate of drug-likeness (QED) is 0.457. The summed E-state index contributed by atoms with van der Waals surface area (Å²) < 4.78 is 11.0. The predicted octanol–water partition coefficient (Wildman–Crippen LogP) is 2.51. The molecule has 0 aromatic carbocycles. The Morgan fingerprint density at radius 1 is 1.10 bits per heavy atom. The van der Waals surface area contributed by atoms with Gasteiger partial charge in [0.25, 0.3) is 5.88 Å². The van der Waals surface area contributed by atoms with Crippen LogP contribution in [0, 0.1) is 12.3 Å². The number of rotatable bonds is 6. The summed E-state index contributed by atoms with van der Waals surface area (Å²) in [7, 11) is 0. The lowest BCUT2D eigenvalue weighted by atomic mass is 10.5. The first-order valence-electron chi connectivity index (χ1n) is 5.78. The molecule has 0 bridgehead atoms. The van der Waals surface area contributed by atoms with Crippen molar-refractivity contribution in [2.75, 3.05) is 19.1 Å². The topological polar surface area (TPSA) is 70.0 Å². The van der Waals surface area contributed by atoms with E-state index in [1.807, 2.05) is 12.5 Å². The number of ether oxygens (including phenoxy) is 2. The maximum atomic E-state index is 5.66. The number of hydrogen-bond acceptors (Lipinski definition) is 8. The maximum Gasteiger partial charge on any atom is 0.266 e. The third-order valence-corrected chi connectivity index (χ3v) is 3.33. The monoisotopic (exact) mass is 320 g/mol. The molecule has 0 amide bonds. The normalized spacial score (nSPS) is 9.95. The van der Waals surface area contributed by atoms with Gasteiger partial charge in [-0.05, 0) is 12.5 Å². The molecule has 0 unspecified atom stereocenters. The molecule has 0 aliphatic heterocycles. The van der Waals surface area contributed by atoms with Gasteiger partial charge in [-0.3, -0.25) is 0 Å². The third kappa shape index (κ3) is 4.24. The molecule has 6 nitrogen and oxygen atoms in total. The van der Waals surface area contributed by atoms with Crippen LogP contribution in [0.2, 0.25) is 0 Å². The number of hydrogen-bond donors (Lipinski definition) is 0. The van der Waals surface area contributed by atoms with Crippen LogP contribution in [0.1, 0.15) is 0 Å². The average molecular weight is 320 g/mol. The summed E-state index contributed by atoms with van der Waals surface area (Å²) in [5.41, 5.74) is 0. The van der Waals surface area contributed by atoms with Crippen molar-refractivity contribution < 1.29 is 9.47 Å². The molecule has 2 aromatic rings. The van der Waals surface area contributed by atoms with Gasteiger partial charge < -0.3 is 9.47 Å². The van der Waals surface area contributed by atoms with Crippen LogP contribution in [0.4, 0.5) is 0 Å². The maximum absolute atomic E-state index is 5.66. The molecular weight excluding hydrogens is 308 g/mol. The first-order chi connectivity index (χ1) is 10.3. The van der Waals surface area contributed by atoms with Crippen molar-refractivity contribution in [2.24, 2.45) is 0 Å². The summed E-state index contributed by atoms with van der Waals surface area (Å²) in [5, 5.41) is 1.23. The molecule has 8 heteroatoms. The highest BCUT2D eigenvalue weighted by Gasteiger charge is 2.11. The van der Waals surface area contributed by atoms with Gasteiger partial charge in [0.2, 0.25) is 5.75 Å². The third-order valence-electron chi connectivity index (χ3n) is 2.20.